The smallest absolute Gasteiger partial charge is 0.261 e. The molecule has 0 atom stereocenters. The number of aromatic hydroxyl groups is 1. The third-order valence-electron chi connectivity index (χ3n) is 4.17. The number of phenolic OH excluding ortho intramolecular Hbond substituents is 1. The fraction of sp³-hybridized carbons (Fsp3) is 0.312. The Kier molecular flexibility index (Phi) is 3.89. The van der Waals surface area contributed by atoms with Crippen molar-refractivity contribution in [3.05, 3.63) is 35.8 Å². The number of rotatable bonds is 0. The highest BCUT2D eigenvalue weighted by molar-refractivity contribution is 7.85. The van der Waals surface area contributed by atoms with Crippen LogP contribution in [0.2, 0.25) is 0 Å². The van der Waals surface area contributed by atoms with Crippen LogP contribution in [0, 0.1) is 6.92 Å². The summed E-state index contributed by atoms with van der Waals surface area (Å²) >= 11 is 0. The van der Waals surface area contributed by atoms with Crippen molar-refractivity contribution in [3.63, 3.8) is 0 Å². The second-order valence-electron chi connectivity index (χ2n) is 5.91. The molecule has 0 bridgehead atoms. The van der Waals surface area contributed by atoms with E-state index in [1.165, 1.54) is 17.0 Å². The quantitative estimate of drug-likeness (QED) is 0.606. The average Bonchev–Trinajstić information content (AvgIpc) is 2.97. The summed E-state index contributed by atoms with van der Waals surface area (Å²) in [5, 5.41) is 10.9. The van der Waals surface area contributed by atoms with Crippen LogP contribution in [0.4, 0.5) is 0 Å². The lowest BCUT2D eigenvalue weighted by Crippen LogP contribution is -2.12. The third-order valence-corrected chi connectivity index (χ3v) is 4.17. The van der Waals surface area contributed by atoms with Gasteiger partial charge >= 0.3 is 0 Å². The van der Waals surface area contributed by atoms with Crippen molar-refractivity contribution in [3.8, 4) is 17.1 Å². The molecule has 2 aromatic heterocycles. The maximum absolute atomic E-state index is 9.71. The molecule has 0 saturated carbocycles. The van der Waals surface area contributed by atoms with Gasteiger partial charge in [-0.15, -0.1) is 0 Å². The molecule has 0 unspecified atom stereocenters. The van der Waals surface area contributed by atoms with Gasteiger partial charge in [-0.3, -0.25) is 4.55 Å². The van der Waals surface area contributed by atoms with Crippen LogP contribution in [0.3, 0.4) is 0 Å². The molecule has 24 heavy (non-hydrogen) atoms. The second kappa shape index (κ2) is 5.64. The van der Waals surface area contributed by atoms with Gasteiger partial charge in [0.2, 0.25) is 0 Å². The molecule has 4 rings (SSSR count). The number of aromatic nitrogens is 3. The lowest BCUT2D eigenvalue weighted by molar-refractivity contribution is 0.476. The van der Waals surface area contributed by atoms with E-state index in [9.17, 15) is 13.5 Å². The van der Waals surface area contributed by atoms with Crippen molar-refractivity contribution in [2.45, 2.75) is 19.9 Å². The highest BCUT2D eigenvalue weighted by Crippen LogP contribution is 2.38. The van der Waals surface area contributed by atoms with E-state index in [4.69, 9.17) is 4.55 Å². The van der Waals surface area contributed by atoms with E-state index in [0.29, 0.717) is 12.0 Å². The van der Waals surface area contributed by atoms with Gasteiger partial charge in [0.15, 0.2) is 0 Å². The number of hydrogen-bond donors (Lipinski definition) is 2. The number of imidazole rings is 1. The van der Waals surface area contributed by atoms with Crippen molar-refractivity contribution >= 4 is 21.0 Å². The van der Waals surface area contributed by atoms with Crippen LogP contribution in [-0.2, 0) is 30.1 Å². The van der Waals surface area contributed by atoms with E-state index in [1.807, 2.05) is 25.3 Å². The summed E-state index contributed by atoms with van der Waals surface area (Å²) in [7, 11) is -1.59. The maximum atomic E-state index is 9.71. The van der Waals surface area contributed by atoms with E-state index in [0.717, 1.165) is 29.7 Å². The number of aryl methyl sites for hydroxylation is 3. The zero-order chi connectivity index (χ0) is 17.6. The molecule has 7 nitrogen and oxygen atoms in total. The second-order valence-corrected chi connectivity index (χ2v) is 7.38. The fourth-order valence-electron chi connectivity index (χ4n) is 3.25. The predicted molar refractivity (Wildman–Crippen MR) is 91.7 cm³/mol. The summed E-state index contributed by atoms with van der Waals surface area (Å²) < 4.78 is 30.3. The van der Waals surface area contributed by atoms with Crippen LogP contribution in [0.25, 0.3) is 22.3 Å². The summed E-state index contributed by atoms with van der Waals surface area (Å²) in [4.78, 5) is 4.43. The van der Waals surface area contributed by atoms with Crippen LogP contribution >= 0.6 is 0 Å². The molecule has 3 heterocycles. The van der Waals surface area contributed by atoms with Crippen molar-refractivity contribution in [1.82, 2.24) is 14.1 Å². The monoisotopic (exact) mass is 349 g/mol. The molecule has 2 N–H and O–H groups in total. The Morgan fingerprint density at radius 1 is 1.29 bits per heavy atom. The SMILES string of the molecule is CS(=O)(=O)O.Cc1ncc2n1CCc1c-2n(C)c2ccc(O)cc12. The fourth-order valence-corrected chi connectivity index (χ4v) is 3.25. The first-order valence-electron chi connectivity index (χ1n) is 7.42. The van der Waals surface area contributed by atoms with Gasteiger partial charge in [0.05, 0.1) is 23.8 Å². The van der Waals surface area contributed by atoms with E-state index in [1.54, 1.807) is 6.07 Å². The van der Waals surface area contributed by atoms with Gasteiger partial charge in [-0.25, -0.2) is 4.98 Å². The van der Waals surface area contributed by atoms with Crippen LogP contribution < -0.4 is 0 Å². The molecule has 1 aromatic carbocycles. The number of benzene rings is 1. The van der Waals surface area contributed by atoms with E-state index in [2.05, 4.69) is 21.2 Å². The summed E-state index contributed by atoms with van der Waals surface area (Å²) in [6.45, 7) is 3.01. The molecule has 0 fully saturated rings. The predicted octanol–water partition coefficient (Wildman–Crippen LogP) is 2.12. The van der Waals surface area contributed by atoms with Gasteiger partial charge in [-0.2, -0.15) is 8.42 Å². The largest absolute Gasteiger partial charge is 0.508 e. The Labute approximate surface area is 139 Å². The number of hydrogen-bond acceptors (Lipinski definition) is 4. The Morgan fingerprint density at radius 3 is 2.62 bits per heavy atom. The van der Waals surface area contributed by atoms with Crippen molar-refractivity contribution in [2.75, 3.05) is 6.26 Å². The van der Waals surface area contributed by atoms with Crippen LogP contribution in [0.5, 0.6) is 5.75 Å². The molecule has 1 aliphatic heterocycles. The Bertz CT molecular complexity index is 1020. The number of fused-ring (bicyclic) bond motifs is 5. The van der Waals surface area contributed by atoms with Gasteiger partial charge in [0.25, 0.3) is 10.1 Å². The lowest BCUT2D eigenvalue weighted by atomic mass is 10.0. The van der Waals surface area contributed by atoms with Crippen LogP contribution in [0.15, 0.2) is 24.4 Å². The van der Waals surface area contributed by atoms with Gasteiger partial charge in [0.1, 0.15) is 11.6 Å². The van der Waals surface area contributed by atoms with E-state index < -0.39 is 10.1 Å². The first-order valence-corrected chi connectivity index (χ1v) is 9.27. The van der Waals surface area contributed by atoms with Crippen molar-refractivity contribution in [2.24, 2.45) is 7.05 Å². The minimum Gasteiger partial charge on any atom is -0.508 e. The van der Waals surface area contributed by atoms with Gasteiger partial charge in [-0.05, 0) is 37.1 Å². The molecule has 0 spiro atoms. The summed E-state index contributed by atoms with van der Waals surface area (Å²) in [6, 6.07) is 5.60. The van der Waals surface area contributed by atoms with Gasteiger partial charge < -0.3 is 14.2 Å². The van der Waals surface area contributed by atoms with Crippen molar-refractivity contribution in [1.29, 1.82) is 0 Å². The number of nitrogens with zero attached hydrogens (tertiary/aromatic N) is 3. The molecule has 0 saturated heterocycles. The van der Waals surface area contributed by atoms with Crippen LogP contribution in [-0.4, -0.2) is 38.5 Å². The molecular weight excluding hydrogens is 330 g/mol. The van der Waals surface area contributed by atoms with Crippen molar-refractivity contribution < 1.29 is 18.1 Å². The topological polar surface area (TPSA) is 97.4 Å². The Morgan fingerprint density at radius 2 is 1.96 bits per heavy atom. The minimum absolute atomic E-state index is 0.330. The zero-order valence-electron chi connectivity index (χ0n) is 13.7. The summed E-state index contributed by atoms with van der Waals surface area (Å²) in [5.41, 5.74) is 4.89. The Hall–Kier alpha value is -2.32. The van der Waals surface area contributed by atoms with Gasteiger partial charge in [0, 0.05) is 24.5 Å². The van der Waals surface area contributed by atoms with Gasteiger partial charge in [-0.1, -0.05) is 0 Å². The average molecular weight is 349 g/mol. The minimum atomic E-state index is -3.67. The molecule has 8 heteroatoms. The highest BCUT2D eigenvalue weighted by Gasteiger charge is 2.24. The standard InChI is InChI=1S/C15H15N3O.CH4O3S/c1-9-16-8-14-15-11(5-6-18(9)14)12-7-10(19)3-4-13(12)17(15)2;1-5(2,3)4/h3-4,7-8,19H,5-6H2,1-2H3;1H3,(H,2,3,4). The first kappa shape index (κ1) is 16.5. The first-order chi connectivity index (χ1) is 11.2. The molecule has 3 aromatic rings. The highest BCUT2D eigenvalue weighted by atomic mass is 32.2. The van der Waals surface area contributed by atoms with E-state index >= 15 is 0 Å². The molecular formula is C16H19N3O4S. The van der Waals surface area contributed by atoms with E-state index in [-0.39, 0.29) is 0 Å². The molecule has 0 radical (unpaired) electrons. The molecule has 0 amide bonds. The maximum Gasteiger partial charge on any atom is 0.261 e. The molecule has 128 valence electrons. The van der Waals surface area contributed by atoms with Crippen LogP contribution in [0.1, 0.15) is 11.4 Å². The molecule has 0 aliphatic carbocycles. The Balaban J connectivity index is 0.000000300. The normalized spacial score (nSPS) is 13.2. The summed E-state index contributed by atoms with van der Waals surface area (Å²) in [6.07, 6.45) is 3.65. The molecule has 1 aliphatic rings. The summed E-state index contributed by atoms with van der Waals surface area (Å²) in [5.74, 6) is 1.39. The zero-order valence-corrected chi connectivity index (χ0v) is 14.5. The third kappa shape index (κ3) is 2.90. The lowest BCUT2D eigenvalue weighted by Gasteiger charge is -2.18. The number of phenols is 1.